The maximum absolute atomic E-state index is 14.5. The quantitative estimate of drug-likeness (QED) is 0.203. The van der Waals surface area contributed by atoms with E-state index in [4.69, 9.17) is 0 Å². The van der Waals surface area contributed by atoms with Gasteiger partial charge in [-0.1, -0.05) is 131 Å². The van der Waals surface area contributed by atoms with Crippen LogP contribution in [0.2, 0.25) is 0 Å². The van der Waals surface area contributed by atoms with Crippen LogP contribution in [-0.2, 0) is 27.2 Å². The summed E-state index contributed by atoms with van der Waals surface area (Å²) in [5.41, 5.74) is 3.92. The average molecular weight is 591 g/mol. The van der Waals surface area contributed by atoms with Gasteiger partial charge in [0, 0.05) is 6.04 Å². The highest BCUT2D eigenvalue weighted by Crippen LogP contribution is 2.53. The number of carboxylic acid groups (broad SMARTS) is 1. The van der Waals surface area contributed by atoms with Gasteiger partial charge in [-0.3, -0.25) is 19.7 Å². The molecular formula is C38H42N2O4. The molecule has 6 rings (SSSR count). The highest BCUT2D eigenvalue weighted by Gasteiger charge is 2.69. The molecule has 3 aliphatic rings. The van der Waals surface area contributed by atoms with Crippen molar-refractivity contribution < 1.29 is 19.5 Å². The van der Waals surface area contributed by atoms with Gasteiger partial charge in [0.2, 0.25) is 11.8 Å². The maximum atomic E-state index is 14.5. The third-order valence-corrected chi connectivity index (χ3v) is 10.1. The number of hydrogen-bond acceptors (Lipinski definition) is 4. The van der Waals surface area contributed by atoms with E-state index < -0.39 is 29.4 Å². The summed E-state index contributed by atoms with van der Waals surface area (Å²) in [6.07, 6.45) is 11.0. The van der Waals surface area contributed by atoms with Crippen LogP contribution in [0.1, 0.15) is 86.2 Å². The fourth-order valence-corrected chi connectivity index (χ4v) is 7.90. The third kappa shape index (κ3) is 5.30. The molecular weight excluding hydrogens is 548 g/mol. The monoisotopic (exact) mass is 590 g/mol. The number of rotatable bonds is 9. The molecule has 3 aromatic carbocycles. The molecule has 3 fully saturated rings. The highest BCUT2D eigenvalue weighted by atomic mass is 16.4. The predicted molar refractivity (Wildman–Crippen MR) is 174 cm³/mol. The van der Waals surface area contributed by atoms with Gasteiger partial charge in [-0.15, -0.1) is 0 Å². The van der Waals surface area contributed by atoms with E-state index in [1.54, 1.807) is 0 Å². The number of benzene rings is 3. The molecule has 0 spiro atoms. The smallest absolute Gasteiger partial charge is 0.324 e. The van der Waals surface area contributed by atoms with Crippen molar-refractivity contribution in [3.05, 3.63) is 101 Å². The van der Waals surface area contributed by atoms with Gasteiger partial charge in [0.15, 0.2) is 0 Å². The number of nitrogens with zero attached hydrogens (tertiary/aromatic N) is 1. The van der Waals surface area contributed by atoms with E-state index in [-0.39, 0.29) is 17.7 Å². The second-order valence-corrected chi connectivity index (χ2v) is 12.7. The summed E-state index contributed by atoms with van der Waals surface area (Å²) in [5.74, 6) is -3.30. The van der Waals surface area contributed by atoms with Crippen LogP contribution in [0.15, 0.2) is 72.8 Å². The fourth-order valence-electron chi connectivity index (χ4n) is 7.90. The van der Waals surface area contributed by atoms with Crippen molar-refractivity contribution in [3.8, 4) is 0 Å². The first kappa shape index (κ1) is 30.0. The SMILES string of the molecule is CCc1cccc(CC)c1N1C(=O)C2C(c3ccc(C=Cc4ccccc4)cc3)NC(CC3CCCCC3)(C(=O)O)C2C1=O. The van der Waals surface area contributed by atoms with Gasteiger partial charge in [0.1, 0.15) is 5.54 Å². The lowest BCUT2D eigenvalue weighted by Gasteiger charge is -2.36. The second kappa shape index (κ2) is 12.5. The Balaban J connectivity index is 1.41. The molecule has 4 unspecified atom stereocenters. The molecule has 0 bridgehead atoms. The lowest BCUT2D eigenvalue weighted by molar-refractivity contribution is -0.150. The summed E-state index contributed by atoms with van der Waals surface area (Å²) in [6.45, 7) is 4.04. The summed E-state index contributed by atoms with van der Waals surface area (Å²) in [7, 11) is 0. The number of amides is 2. The van der Waals surface area contributed by atoms with Crippen molar-refractivity contribution in [2.45, 2.75) is 76.8 Å². The Kier molecular flexibility index (Phi) is 8.55. The highest BCUT2D eigenvalue weighted by molar-refractivity contribution is 6.25. The molecule has 0 radical (unpaired) electrons. The van der Waals surface area contributed by atoms with E-state index in [2.05, 4.69) is 5.32 Å². The number of imide groups is 1. The molecule has 0 aromatic heterocycles. The van der Waals surface area contributed by atoms with E-state index in [0.29, 0.717) is 24.9 Å². The van der Waals surface area contributed by atoms with Gasteiger partial charge >= 0.3 is 5.97 Å². The number of carbonyl (C=O) groups is 3. The first-order valence-electron chi connectivity index (χ1n) is 16.2. The fraction of sp³-hybridized carbons (Fsp3) is 0.395. The number of para-hydroxylation sites is 1. The number of hydrogen-bond donors (Lipinski definition) is 2. The third-order valence-electron chi connectivity index (χ3n) is 10.1. The molecule has 2 saturated heterocycles. The Bertz CT molecular complexity index is 1540. The van der Waals surface area contributed by atoms with E-state index >= 15 is 0 Å². The van der Waals surface area contributed by atoms with Crippen LogP contribution >= 0.6 is 0 Å². The minimum atomic E-state index is -1.52. The first-order chi connectivity index (χ1) is 21.4. The minimum Gasteiger partial charge on any atom is -0.480 e. The van der Waals surface area contributed by atoms with Crippen molar-refractivity contribution in [3.63, 3.8) is 0 Å². The van der Waals surface area contributed by atoms with Crippen LogP contribution in [0.25, 0.3) is 12.2 Å². The zero-order valence-corrected chi connectivity index (χ0v) is 25.7. The average Bonchev–Trinajstić information content (AvgIpc) is 3.53. The summed E-state index contributed by atoms with van der Waals surface area (Å²) in [4.78, 5) is 43.8. The van der Waals surface area contributed by atoms with Gasteiger partial charge < -0.3 is 5.11 Å². The Morgan fingerprint density at radius 2 is 1.45 bits per heavy atom. The van der Waals surface area contributed by atoms with Crippen LogP contribution in [0.4, 0.5) is 5.69 Å². The zero-order chi connectivity index (χ0) is 30.8. The van der Waals surface area contributed by atoms with Crippen LogP contribution in [0.3, 0.4) is 0 Å². The molecule has 2 aliphatic heterocycles. The molecule has 44 heavy (non-hydrogen) atoms. The molecule has 1 saturated carbocycles. The summed E-state index contributed by atoms with van der Waals surface area (Å²) >= 11 is 0. The number of nitrogens with one attached hydrogen (secondary N) is 1. The molecule has 2 heterocycles. The Hall–Kier alpha value is -4.03. The van der Waals surface area contributed by atoms with Crippen LogP contribution in [0, 0.1) is 17.8 Å². The number of fused-ring (bicyclic) bond motifs is 1. The number of aryl methyl sites for hydroxylation is 2. The number of carboxylic acids is 1. The predicted octanol–water partition coefficient (Wildman–Crippen LogP) is 7.23. The molecule has 2 N–H and O–H groups in total. The molecule has 228 valence electrons. The number of aliphatic carboxylic acids is 1. The summed E-state index contributed by atoms with van der Waals surface area (Å²) in [5, 5.41) is 14.4. The van der Waals surface area contributed by atoms with Crippen LogP contribution < -0.4 is 10.2 Å². The molecule has 6 nitrogen and oxygen atoms in total. The van der Waals surface area contributed by atoms with E-state index in [1.807, 2.05) is 98.8 Å². The van der Waals surface area contributed by atoms with Gasteiger partial charge in [-0.2, -0.15) is 0 Å². The Labute approximate surface area is 260 Å². The Morgan fingerprint density at radius 1 is 0.841 bits per heavy atom. The van der Waals surface area contributed by atoms with Crippen LogP contribution in [0.5, 0.6) is 0 Å². The number of anilines is 1. The summed E-state index contributed by atoms with van der Waals surface area (Å²) < 4.78 is 0. The second-order valence-electron chi connectivity index (χ2n) is 12.7. The number of carbonyl (C=O) groups excluding carboxylic acids is 2. The van der Waals surface area contributed by atoms with Gasteiger partial charge in [-0.05, 0) is 53.0 Å². The molecule has 6 heteroatoms. The van der Waals surface area contributed by atoms with Crippen molar-refractivity contribution in [1.82, 2.24) is 5.32 Å². The van der Waals surface area contributed by atoms with Crippen molar-refractivity contribution in [2.24, 2.45) is 17.8 Å². The van der Waals surface area contributed by atoms with E-state index in [0.717, 1.165) is 59.9 Å². The zero-order valence-electron chi connectivity index (χ0n) is 25.7. The maximum Gasteiger partial charge on any atom is 0.324 e. The van der Waals surface area contributed by atoms with Gasteiger partial charge in [-0.25, -0.2) is 4.90 Å². The van der Waals surface area contributed by atoms with Crippen molar-refractivity contribution in [2.75, 3.05) is 4.90 Å². The minimum absolute atomic E-state index is 0.198. The normalized spacial score (nSPS) is 25.6. The Morgan fingerprint density at radius 3 is 2.05 bits per heavy atom. The van der Waals surface area contributed by atoms with Crippen LogP contribution in [-0.4, -0.2) is 28.4 Å². The first-order valence-corrected chi connectivity index (χ1v) is 16.2. The summed E-state index contributed by atoms with van der Waals surface area (Å²) in [6, 6.07) is 23.3. The van der Waals surface area contributed by atoms with E-state index in [1.165, 1.54) is 4.90 Å². The van der Waals surface area contributed by atoms with Gasteiger partial charge in [0.05, 0.1) is 17.5 Å². The lowest BCUT2D eigenvalue weighted by atomic mass is 9.72. The van der Waals surface area contributed by atoms with Crippen molar-refractivity contribution >= 4 is 35.6 Å². The molecule has 3 aromatic rings. The standard InChI is InChI=1S/C38H42N2O4/c1-3-28-16-11-17-29(4-2)34(28)40-35(41)31-32(36(40)42)38(37(43)44,24-27-14-9-6-10-15-27)39-33(31)30-22-20-26(21-23-30)19-18-25-12-7-5-8-13-25/h5,7-8,11-13,16-23,27,31-33,39H,3-4,6,9-10,14-15,24H2,1-2H3,(H,43,44). The molecule has 1 aliphatic carbocycles. The molecule has 2 amide bonds. The van der Waals surface area contributed by atoms with E-state index in [9.17, 15) is 19.5 Å². The lowest BCUT2D eigenvalue weighted by Crippen LogP contribution is -2.57. The van der Waals surface area contributed by atoms with Gasteiger partial charge in [0.25, 0.3) is 0 Å². The topological polar surface area (TPSA) is 86.7 Å². The largest absolute Gasteiger partial charge is 0.480 e. The molecule has 4 atom stereocenters. The van der Waals surface area contributed by atoms with Crippen molar-refractivity contribution in [1.29, 1.82) is 0 Å².